The fourth-order valence-electron chi connectivity index (χ4n) is 9.22. The lowest BCUT2D eigenvalue weighted by molar-refractivity contribution is -0.140. The maximum absolute atomic E-state index is 11.6. The highest BCUT2D eigenvalue weighted by atomic mass is 16.5. The monoisotopic (exact) mass is 454 g/mol. The number of rotatable bonds is 8. The minimum atomic E-state index is -0.247. The molecule has 2 nitrogen and oxygen atoms in total. The standard InChI is InChI=1S/C31H50O2/c1-21(2)29(32)33-20-22(3)10-9-11-23(4)26-15-16-27-25-14-13-24-12-7-8-18-30(24,5)28(25)17-19-31(26,27)6/h7,12,22-28H,1,8-11,13-20H2,2-6H3/t22?,23-,24?,25+,26-,27+,28+,30+,31-/m1/s1. The van der Waals surface area contributed by atoms with E-state index in [0.29, 0.717) is 28.9 Å². The van der Waals surface area contributed by atoms with Crippen molar-refractivity contribution in [1.82, 2.24) is 0 Å². The van der Waals surface area contributed by atoms with E-state index in [1.807, 2.05) is 0 Å². The predicted octanol–water partition coefficient (Wildman–Crippen LogP) is 8.37. The molecular weight excluding hydrogens is 404 g/mol. The van der Waals surface area contributed by atoms with Crippen LogP contribution in [0.4, 0.5) is 0 Å². The highest BCUT2D eigenvalue weighted by Gasteiger charge is 2.59. The van der Waals surface area contributed by atoms with Gasteiger partial charge in [-0.05, 0) is 117 Å². The fraction of sp³-hybridized carbons (Fsp3) is 0.839. The van der Waals surface area contributed by atoms with Crippen molar-refractivity contribution < 1.29 is 9.53 Å². The molecule has 0 bridgehead atoms. The Bertz CT molecular complexity index is 752. The second kappa shape index (κ2) is 9.90. The van der Waals surface area contributed by atoms with Crippen LogP contribution in [0.2, 0.25) is 0 Å². The number of carbonyl (C=O) groups excluding carboxylic acids is 1. The van der Waals surface area contributed by atoms with Crippen molar-refractivity contribution in [2.24, 2.45) is 52.3 Å². The zero-order valence-electron chi connectivity index (χ0n) is 22.2. The summed E-state index contributed by atoms with van der Waals surface area (Å²) in [7, 11) is 0. The molecule has 0 aromatic heterocycles. The van der Waals surface area contributed by atoms with Crippen molar-refractivity contribution in [3.63, 3.8) is 0 Å². The number of hydrogen-bond donors (Lipinski definition) is 0. The van der Waals surface area contributed by atoms with Gasteiger partial charge in [-0.15, -0.1) is 0 Å². The molecule has 9 atom stereocenters. The van der Waals surface area contributed by atoms with Crippen LogP contribution >= 0.6 is 0 Å². The molecule has 3 saturated carbocycles. The molecule has 0 aliphatic heterocycles. The van der Waals surface area contributed by atoms with Crippen molar-refractivity contribution >= 4 is 5.97 Å². The molecule has 0 aromatic rings. The molecule has 0 saturated heterocycles. The molecular formula is C31H50O2. The van der Waals surface area contributed by atoms with Gasteiger partial charge in [-0.1, -0.05) is 59.3 Å². The molecule has 4 aliphatic rings. The molecule has 4 rings (SSSR count). The summed E-state index contributed by atoms with van der Waals surface area (Å²) >= 11 is 0. The summed E-state index contributed by atoms with van der Waals surface area (Å²) in [6, 6.07) is 0. The highest BCUT2D eigenvalue weighted by molar-refractivity contribution is 5.86. The van der Waals surface area contributed by atoms with Gasteiger partial charge in [0.05, 0.1) is 6.61 Å². The Morgan fingerprint density at radius 3 is 2.55 bits per heavy atom. The van der Waals surface area contributed by atoms with E-state index in [-0.39, 0.29) is 5.97 Å². The molecule has 4 aliphatic carbocycles. The zero-order valence-corrected chi connectivity index (χ0v) is 22.2. The Labute approximate surface area is 204 Å². The van der Waals surface area contributed by atoms with Gasteiger partial charge < -0.3 is 4.74 Å². The van der Waals surface area contributed by atoms with Crippen LogP contribution in [0.1, 0.15) is 105 Å². The number of esters is 1. The van der Waals surface area contributed by atoms with Crippen LogP contribution in [0.25, 0.3) is 0 Å². The molecule has 0 N–H and O–H groups in total. The predicted molar refractivity (Wildman–Crippen MR) is 138 cm³/mol. The SMILES string of the molecule is C=C(C)C(=O)OCC(C)CCC[C@@H](C)[C@H]1CC[C@H]2[C@@H]3CCC4C=CCC[C@]4(C)[C@H]3CC[C@]12C. The van der Waals surface area contributed by atoms with Crippen LogP contribution in [0.5, 0.6) is 0 Å². The van der Waals surface area contributed by atoms with Gasteiger partial charge in [0.25, 0.3) is 0 Å². The van der Waals surface area contributed by atoms with Crippen molar-refractivity contribution in [2.75, 3.05) is 6.61 Å². The summed E-state index contributed by atoms with van der Waals surface area (Å²) in [6.45, 7) is 16.0. The summed E-state index contributed by atoms with van der Waals surface area (Å²) in [5.41, 5.74) is 1.64. The summed E-state index contributed by atoms with van der Waals surface area (Å²) in [5.74, 6) is 5.67. The van der Waals surface area contributed by atoms with Gasteiger partial charge in [0.1, 0.15) is 0 Å². The van der Waals surface area contributed by atoms with E-state index in [2.05, 4.69) is 46.4 Å². The van der Waals surface area contributed by atoms with Crippen LogP contribution in [0.3, 0.4) is 0 Å². The first-order chi connectivity index (χ1) is 15.7. The first-order valence-corrected chi connectivity index (χ1v) is 14.2. The van der Waals surface area contributed by atoms with Gasteiger partial charge in [0.15, 0.2) is 0 Å². The first-order valence-electron chi connectivity index (χ1n) is 14.2. The average Bonchev–Trinajstić information content (AvgIpc) is 3.14. The van der Waals surface area contributed by atoms with E-state index in [1.54, 1.807) is 6.92 Å². The molecule has 2 unspecified atom stereocenters. The maximum Gasteiger partial charge on any atom is 0.333 e. The molecule has 0 heterocycles. The number of fused-ring (bicyclic) bond motifs is 5. The van der Waals surface area contributed by atoms with Gasteiger partial charge in [0.2, 0.25) is 0 Å². The quantitative estimate of drug-likeness (QED) is 0.209. The topological polar surface area (TPSA) is 26.3 Å². The van der Waals surface area contributed by atoms with E-state index in [0.717, 1.165) is 41.9 Å². The fourth-order valence-corrected chi connectivity index (χ4v) is 9.22. The van der Waals surface area contributed by atoms with Crippen molar-refractivity contribution in [2.45, 2.75) is 105 Å². The van der Waals surface area contributed by atoms with Crippen molar-refractivity contribution in [1.29, 1.82) is 0 Å². The third kappa shape index (κ3) is 4.74. The Morgan fingerprint density at radius 1 is 1.03 bits per heavy atom. The number of carbonyl (C=O) groups is 1. The van der Waals surface area contributed by atoms with Gasteiger partial charge in [0, 0.05) is 5.57 Å². The van der Waals surface area contributed by atoms with Gasteiger partial charge in [-0.2, -0.15) is 0 Å². The first kappa shape index (κ1) is 25.1. The zero-order chi connectivity index (χ0) is 23.8. The van der Waals surface area contributed by atoms with Crippen LogP contribution < -0.4 is 0 Å². The molecule has 0 radical (unpaired) electrons. The van der Waals surface area contributed by atoms with Crippen LogP contribution in [0.15, 0.2) is 24.3 Å². The molecule has 0 amide bonds. The Balaban J connectivity index is 1.31. The summed E-state index contributed by atoms with van der Waals surface area (Å²) < 4.78 is 5.36. The normalized spacial score (nSPS) is 41.4. The molecule has 0 spiro atoms. The van der Waals surface area contributed by atoms with Gasteiger partial charge in [-0.3, -0.25) is 0 Å². The van der Waals surface area contributed by atoms with E-state index in [9.17, 15) is 4.79 Å². The van der Waals surface area contributed by atoms with Crippen LogP contribution in [0, 0.1) is 52.3 Å². The number of allylic oxidation sites excluding steroid dienone is 2. The maximum atomic E-state index is 11.6. The molecule has 3 fully saturated rings. The second-order valence-electron chi connectivity index (χ2n) is 13.2. The lowest BCUT2D eigenvalue weighted by Crippen LogP contribution is -2.52. The van der Waals surface area contributed by atoms with Crippen molar-refractivity contribution in [3.8, 4) is 0 Å². The largest absolute Gasteiger partial charge is 0.462 e. The van der Waals surface area contributed by atoms with Gasteiger partial charge >= 0.3 is 5.97 Å². The molecule has 33 heavy (non-hydrogen) atoms. The van der Waals surface area contributed by atoms with E-state index >= 15 is 0 Å². The molecule has 186 valence electrons. The average molecular weight is 455 g/mol. The Hall–Kier alpha value is -1.05. The minimum Gasteiger partial charge on any atom is -0.462 e. The smallest absolute Gasteiger partial charge is 0.333 e. The second-order valence-corrected chi connectivity index (χ2v) is 13.2. The van der Waals surface area contributed by atoms with E-state index < -0.39 is 0 Å². The Morgan fingerprint density at radius 2 is 1.79 bits per heavy atom. The molecule has 0 aromatic carbocycles. The lowest BCUT2D eigenvalue weighted by Gasteiger charge is -2.60. The van der Waals surface area contributed by atoms with Gasteiger partial charge in [-0.25, -0.2) is 4.79 Å². The third-order valence-electron chi connectivity index (χ3n) is 11.1. The number of ether oxygens (including phenoxy) is 1. The summed E-state index contributed by atoms with van der Waals surface area (Å²) in [6.07, 6.45) is 20.3. The minimum absolute atomic E-state index is 0.247. The van der Waals surface area contributed by atoms with E-state index in [4.69, 9.17) is 4.74 Å². The van der Waals surface area contributed by atoms with Crippen molar-refractivity contribution in [3.05, 3.63) is 24.3 Å². The van der Waals surface area contributed by atoms with Crippen LogP contribution in [-0.4, -0.2) is 12.6 Å². The summed E-state index contributed by atoms with van der Waals surface area (Å²) in [4.78, 5) is 11.6. The van der Waals surface area contributed by atoms with E-state index in [1.165, 1.54) is 64.2 Å². The Kier molecular flexibility index (Phi) is 7.52. The molecule has 2 heteroatoms. The summed E-state index contributed by atoms with van der Waals surface area (Å²) in [5, 5.41) is 0. The lowest BCUT2D eigenvalue weighted by atomic mass is 9.45. The highest BCUT2D eigenvalue weighted by Crippen LogP contribution is 2.67. The third-order valence-corrected chi connectivity index (χ3v) is 11.1. The van der Waals surface area contributed by atoms with Crippen LogP contribution in [-0.2, 0) is 9.53 Å². The number of hydrogen-bond acceptors (Lipinski definition) is 2.